The average Bonchev–Trinajstić information content (AvgIpc) is 3.18. The van der Waals surface area contributed by atoms with Gasteiger partial charge < -0.3 is 14.5 Å². The van der Waals surface area contributed by atoms with Gasteiger partial charge in [0.2, 0.25) is 0 Å². The van der Waals surface area contributed by atoms with Gasteiger partial charge in [-0.05, 0) is 25.7 Å². The zero-order valence-corrected chi connectivity index (χ0v) is 16.5. The molecular formula is C22H28N2O4. The Hall–Kier alpha value is -2.63. The summed E-state index contributed by atoms with van der Waals surface area (Å²) in [7, 11) is 0. The normalized spacial score (nSPS) is 20.4. The van der Waals surface area contributed by atoms with Crippen molar-refractivity contribution in [1.29, 1.82) is 0 Å². The molecule has 150 valence electrons. The van der Waals surface area contributed by atoms with Crippen molar-refractivity contribution in [3.63, 3.8) is 0 Å². The van der Waals surface area contributed by atoms with Gasteiger partial charge in [0.25, 0.3) is 5.91 Å². The maximum Gasteiger partial charge on any atom is 0.307 e. The van der Waals surface area contributed by atoms with Crippen molar-refractivity contribution in [3.05, 3.63) is 42.4 Å². The van der Waals surface area contributed by atoms with Gasteiger partial charge in [-0.2, -0.15) is 0 Å². The lowest BCUT2D eigenvalue weighted by atomic mass is 9.86. The molecule has 0 spiro atoms. The molecule has 1 amide bonds. The van der Waals surface area contributed by atoms with Crippen LogP contribution in [0.3, 0.4) is 0 Å². The summed E-state index contributed by atoms with van der Waals surface area (Å²) in [5.41, 5.74) is 0.936. The number of esters is 1. The Labute approximate surface area is 165 Å². The molecule has 1 fully saturated rings. The van der Waals surface area contributed by atoms with Gasteiger partial charge in [-0.15, -0.1) is 0 Å². The molecule has 0 radical (unpaired) electrons. The van der Waals surface area contributed by atoms with Crippen LogP contribution < -0.4 is 5.32 Å². The number of aromatic nitrogens is 1. The van der Waals surface area contributed by atoms with Gasteiger partial charge in [0.15, 0.2) is 17.8 Å². The lowest BCUT2D eigenvalue weighted by Gasteiger charge is -2.30. The summed E-state index contributed by atoms with van der Waals surface area (Å²) in [4.78, 5) is 28.6. The summed E-state index contributed by atoms with van der Waals surface area (Å²) in [5, 5.41) is 3.02. The number of amides is 1. The van der Waals surface area contributed by atoms with Crippen LogP contribution in [0.15, 0.2) is 40.9 Å². The molecule has 1 aliphatic rings. The summed E-state index contributed by atoms with van der Waals surface area (Å²) in [6.45, 7) is 3.76. The number of rotatable bonds is 7. The van der Waals surface area contributed by atoms with E-state index < -0.39 is 12.1 Å². The van der Waals surface area contributed by atoms with Crippen LogP contribution in [0.1, 0.15) is 51.8 Å². The number of hydrogen-bond acceptors (Lipinski definition) is 5. The smallest absolute Gasteiger partial charge is 0.307 e. The fourth-order valence-electron chi connectivity index (χ4n) is 3.51. The van der Waals surface area contributed by atoms with Crippen molar-refractivity contribution in [2.45, 2.75) is 64.5 Å². The number of oxazole rings is 1. The van der Waals surface area contributed by atoms with Crippen LogP contribution in [0.5, 0.6) is 0 Å². The van der Waals surface area contributed by atoms with Crippen LogP contribution >= 0.6 is 0 Å². The first kappa shape index (κ1) is 20.1. The lowest BCUT2D eigenvalue weighted by Crippen LogP contribution is -2.46. The molecule has 1 aromatic heterocycles. The number of hydrogen-bond donors (Lipinski definition) is 1. The standard InChI is InChI=1S/C22H28N2O4/c1-15-8-6-7-11-18(15)24-22(26)16(2)27-21(25)13-12-20-23-14-19(28-20)17-9-4-3-5-10-17/h3-5,9-10,14-16,18H,6-8,11-13H2,1-2H3,(H,24,26). The molecule has 28 heavy (non-hydrogen) atoms. The number of benzene rings is 1. The SMILES string of the molecule is CC(OC(=O)CCc1ncc(-c2ccccc2)o1)C(=O)NC1CCCCC1C. The molecule has 0 saturated heterocycles. The van der Waals surface area contributed by atoms with Crippen molar-refractivity contribution in [2.24, 2.45) is 5.92 Å². The second-order valence-electron chi connectivity index (χ2n) is 7.49. The first-order valence-corrected chi connectivity index (χ1v) is 10.0. The second kappa shape index (κ2) is 9.53. The Kier molecular flexibility index (Phi) is 6.85. The van der Waals surface area contributed by atoms with Crippen molar-refractivity contribution in [2.75, 3.05) is 0 Å². The first-order chi connectivity index (χ1) is 13.5. The van der Waals surface area contributed by atoms with Crippen LogP contribution in [-0.2, 0) is 20.7 Å². The second-order valence-corrected chi connectivity index (χ2v) is 7.49. The molecule has 1 saturated carbocycles. The Morgan fingerprint density at radius 1 is 1.25 bits per heavy atom. The fraction of sp³-hybridized carbons (Fsp3) is 0.500. The molecule has 3 rings (SSSR count). The van der Waals surface area contributed by atoms with Crippen molar-refractivity contribution in [3.8, 4) is 11.3 Å². The molecule has 3 atom stereocenters. The average molecular weight is 384 g/mol. The third-order valence-electron chi connectivity index (χ3n) is 5.27. The predicted molar refractivity (Wildman–Crippen MR) is 105 cm³/mol. The number of aryl methyl sites for hydroxylation is 1. The predicted octanol–water partition coefficient (Wildman–Crippen LogP) is 3.90. The molecule has 0 aliphatic heterocycles. The topological polar surface area (TPSA) is 81.4 Å². The van der Waals surface area contributed by atoms with Gasteiger partial charge in [0.05, 0.1) is 12.6 Å². The minimum absolute atomic E-state index is 0.117. The van der Waals surface area contributed by atoms with Crippen LogP contribution in [-0.4, -0.2) is 29.0 Å². The molecule has 1 aromatic carbocycles. The minimum Gasteiger partial charge on any atom is -0.453 e. The highest BCUT2D eigenvalue weighted by atomic mass is 16.5. The van der Waals surface area contributed by atoms with E-state index in [4.69, 9.17) is 9.15 Å². The highest BCUT2D eigenvalue weighted by molar-refractivity contribution is 5.83. The van der Waals surface area contributed by atoms with Crippen LogP contribution in [0.2, 0.25) is 0 Å². The van der Waals surface area contributed by atoms with E-state index in [-0.39, 0.29) is 18.4 Å². The van der Waals surface area contributed by atoms with Crippen LogP contribution in [0.4, 0.5) is 0 Å². The van der Waals surface area contributed by atoms with Gasteiger partial charge in [0, 0.05) is 18.0 Å². The maximum absolute atomic E-state index is 12.3. The van der Waals surface area contributed by atoms with Gasteiger partial charge in [-0.3, -0.25) is 9.59 Å². The molecule has 6 nitrogen and oxygen atoms in total. The van der Waals surface area contributed by atoms with Gasteiger partial charge in [-0.1, -0.05) is 50.1 Å². The van der Waals surface area contributed by atoms with Gasteiger partial charge in [-0.25, -0.2) is 4.98 Å². The monoisotopic (exact) mass is 384 g/mol. The molecule has 1 N–H and O–H groups in total. The van der Waals surface area contributed by atoms with Crippen LogP contribution in [0, 0.1) is 5.92 Å². The number of nitrogens with one attached hydrogen (secondary N) is 1. The molecular weight excluding hydrogens is 356 g/mol. The highest BCUT2D eigenvalue weighted by Crippen LogP contribution is 2.24. The summed E-state index contributed by atoms with van der Waals surface area (Å²) >= 11 is 0. The van der Waals surface area contributed by atoms with Crippen LogP contribution in [0.25, 0.3) is 11.3 Å². The molecule has 2 aromatic rings. The summed E-state index contributed by atoms with van der Waals surface area (Å²) in [6, 6.07) is 9.83. The molecule has 1 aliphatic carbocycles. The largest absolute Gasteiger partial charge is 0.453 e. The maximum atomic E-state index is 12.3. The lowest BCUT2D eigenvalue weighted by molar-refractivity contribution is -0.155. The van der Waals surface area contributed by atoms with E-state index >= 15 is 0 Å². The van der Waals surface area contributed by atoms with Crippen molar-refractivity contribution in [1.82, 2.24) is 10.3 Å². The first-order valence-electron chi connectivity index (χ1n) is 10.0. The summed E-state index contributed by atoms with van der Waals surface area (Å²) in [6.07, 6.45) is 5.76. The Balaban J connectivity index is 1.43. The third-order valence-corrected chi connectivity index (χ3v) is 5.27. The van der Waals surface area contributed by atoms with E-state index in [1.54, 1.807) is 13.1 Å². The van der Waals surface area contributed by atoms with Gasteiger partial charge in [0.1, 0.15) is 0 Å². The summed E-state index contributed by atoms with van der Waals surface area (Å²) in [5.74, 6) is 0.945. The molecule has 3 unspecified atom stereocenters. The fourth-order valence-corrected chi connectivity index (χ4v) is 3.51. The van der Waals surface area contributed by atoms with E-state index in [0.29, 0.717) is 24.0 Å². The van der Waals surface area contributed by atoms with E-state index in [2.05, 4.69) is 17.2 Å². The highest BCUT2D eigenvalue weighted by Gasteiger charge is 2.26. The molecule has 1 heterocycles. The zero-order valence-electron chi connectivity index (χ0n) is 16.5. The number of ether oxygens (including phenoxy) is 1. The Morgan fingerprint density at radius 3 is 2.75 bits per heavy atom. The minimum atomic E-state index is -0.800. The van der Waals surface area contributed by atoms with Crippen molar-refractivity contribution >= 4 is 11.9 Å². The quantitative estimate of drug-likeness (QED) is 0.732. The van der Waals surface area contributed by atoms with Crippen molar-refractivity contribution < 1.29 is 18.7 Å². The zero-order chi connectivity index (χ0) is 19.9. The number of carbonyl (C=O) groups is 2. The Morgan fingerprint density at radius 2 is 2.00 bits per heavy atom. The Bertz CT molecular complexity index is 787. The number of nitrogens with zero attached hydrogens (tertiary/aromatic N) is 1. The number of carbonyl (C=O) groups excluding carboxylic acids is 2. The molecule has 6 heteroatoms. The van der Waals surface area contributed by atoms with E-state index in [0.717, 1.165) is 24.8 Å². The molecule has 0 bridgehead atoms. The van der Waals surface area contributed by atoms with E-state index in [1.807, 2.05) is 30.3 Å². The third kappa shape index (κ3) is 5.44. The summed E-state index contributed by atoms with van der Waals surface area (Å²) < 4.78 is 11.0. The van der Waals surface area contributed by atoms with Gasteiger partial charge >= 0.3 is 5.97 Å². The van der Waals surface area contributed by atoms with E-state index in [1.165, 1.54) is 6.42 Å². The van der Waals surface area contributed by atoms with E-state index in [9.17, 15) is 9.59 Å².